The standard InChI is InChI=1S/C23H18F3N5O2S/c1-33-18-10-8-17(9-11-18)31-21(19-7-2-3-12-27-19)29-30-22(31)34-14-20(32)28-16-6-4-5-15(13-16)23(24,25)26/h2-13H,14H2,1H3,(H,28,32). The SMILES string of the molecule is COc1ccc(-n2c(SCC(=O)Nc3cccc(C(F)(F)F)c3)nnc2-c2ccccn2)cc1. The number of nitrogens with zero attached hydrogens (tertiary/aromatic N) is 4. The molecular formula is C23H18F3N5O2S. The second-order valence-corrected chi connectivity index (χ2v) is 7.91. The maximum absolute atomic E-state index is 12.9. The molecule has 0 bridgehead atoms. The van der Waals surface area contributed by atoms with Gasteiger partial charge in [0, 0.05) is 11.9 Å². The zero-order valence-corrected chi connectivity index (χ0v) is 18.6. The van der Waals surface area contributed by atoms with Crippen LogP contribution >= 0.6 is 11.8 Å². The number of alkyl halides is 3. The highest BCUT2D eigenvalue weighted by atomic mass is 32.2. The molecule has 2 aromatic heterocycles. The third-order valence-electron chi connectivity index (χ3n) is 4.66. The van der Waals surface area contributed by atoms with Gasteiger partial charge in [0.25, 0.3) is 0 Å². The number of carbonyl (C=O) groups excluding carboxylic acids is 1. The summed E-state index contributed by atoms with van der Waals surface area (Å²) < 4.78 is 45.7. The average molecular weight is 485 g/mol. The summed E-state index contributed by atoms with van der Waals surface area (Å²) in [7, 11) is 1.57. The third-order valence-corrected chi connectivity index (χ3v) is 5.59. The zero-order chi connectivity index (χ0) is 24.1. The minimum Gasteiger partial charge on any atom is -0.497 e. The van der Waals surface area contributed by atoms with Crippen LogP contribution in [0.25, 0.3) is 17.2 Å². The smallest absolute Gasteiger partial charge is 0.416 e. The molecule has 0 saturated carbocycles. The molecule has 4 rings (SSSR count). The molecule has 34 heavy (non-hydrogen) atoms. The van der Waals surface area contributed by atoms with Crippen LogP contribution in [-0.4, -0.2) is 38.5 Å². The van der Waals surface area contributed by atoms with E-state index in [-0.39, 0.29) is 11.4 Å². The lowest BCUT2D eigenvalue weighted by Crippen LogP contribution is -2.15. The van der Waals surface area contributed by atoms with Crippen molar-refractivity contribution in [2.24, 2.45) is 0 Å². The molecular weight excluding hydrogens is 467 g/mol. The Labute approximate surface area is 197 Å². The van der Waals surface area contributed by atoms with Crippen LogP contribution in [0.5, 0.6) is 5.75 Å². The van der Waals surface area contributed by atoms with Gasteiger partial charge in [0.05, 0.1) is 24.1 Å². The maximum Gasteiger partial charge on any atom is 0.416 e. The molecule has 0 aliphatic carbocycles. The summed E-state index contributed by atoms with van der Waals surface area (Å²) in [5.74, 6) is 0.581. The number of hydrogen-bond acceptors (Lipinski definition) is 6. The van der Waals surface area contributed by atoms with Crippen molar-refractivity contribution in [3.05, 3.63) is 78.5 Å². The van der Waals surface area contributed by atoms with Crippen molar-refractivity contribution in [3.63, 3.8) is 0 Å². The molecule has 0 fully saturated rings. The molecule has 174 valence electrons. The van der Waals surface area contributed by atoms with Gasteiger partial charge in [-0.05, 0) is 54.6 Å². The molecule has 2 heterocycles. The predicted molar refractivity (Wildman–Crippen MR) is 122 cm³/mol. The van der Waals surface area contributed by atoms with E-state index < -0.39 is 17.6 Å². The molecule has 0 unspecified atom stereocenters. The van der Waals surface area contributed by atoms with Crippen LogP contribution in [0.1, 0.15) is 5.56 Å². The van der Waals surface area contributed by atoms with Crippen molar-refractivity contribution in [2.45, 2.75) is 11.3 Å². The number of methoxy groups -OCH3 is 1. The van der Waals surface area contributed by atoms with E-state index in [2.05, 4.69) is 20.5 Å². The monoisotopic (exact) mass is 485 g/mol. The van der Waals surface area contributed by atoms with E-state index >= 15 is 0 Å². The molecule has 0 atom stereocenters. The maximum atomic E-state index is 12.9. The summed E-state index contributed by atoms with van der Waals surface area (Å²) in [6.45, 7) is 0. The second-order valence-electron chi connectivity index (χ2n) is 6.97. The van der Waals surface area contributed by atoms with Gasteiger partial charge in [0.1, 0.15) is 11.4 Å². The number of rotatable bonds is 7. The van der Waals surface area contributed by atoms with Crippen LogP contribution in [0.4, 0.5) is 18.9 Å². The summed E-state index contributed by atoms with van der Waals surface area (Å²) in [6.07, 6.45) is -2.86. The molecule has 2 aromatic carbocycles. The molecule has 0 radical (unpaired) electrons. The summed E-state index contributed by atoms with van der Waals surface area (Å²) >= 11 is 1.10. The van der Waals surface area contributed by atoms with E-state index in [9.17, 15) is 18.0 Å². The van der Waals surface area contributed by atoms with Crippen molar-refractivity contribution in [3.8, 4) is 23.0 Å². The molecule has 1 N–H and O–H groups in total. The Morgan fingerprint density at radius 1 is 1.06 bits per heavy atom. The van der Waals surface area contributed by atoms with Crippen molar-refractivity contribution in [1.29, 1.82) is 0 Å². The highest BCUT2D eigenvalue weighted by Gasteiger charge is 2.30. The number of nitrogens with one attached hydrogen (secondary N) is 1. The Bertz CT molecular complexity index is 1280. The van der Waals surface area contributed by atoms with E-state index in [0.717, 1.165) is 29.6 Å². The number of thioether (sulfide) groups is 1. The molecule has 4 aromatic rings. The van der Waals surface area contributed by atoms with E-state index in [1.807, 2.05) is 18.2 Å². The van der Waals surface area contributed by atoms with Gasteiger partial charge in [0.2, 0.25) is 5.91 Å². The molecule has 0 spiro atoms. The minimum absolute atomic E-state index is 0.0613. The summed E-state index contributed by atoms with van der Waals surface area (Å²) in [4.78, 5) is 16.8. The van der Waals surface area contributed by atoms with E-state index in [0.29, 0.717) is 22.4 Å². The molecule has 0 aliphatic heterocycles. The lowest BCUT2D eigenvalue weighted by molar-refractivity contribution is -0.137. The van der Waals surface area contributed by atoms with Crippen molar-refractivity contribution in [2.75, 3.05) is 18.2 Å². The number of anilines is 1. The van der Waals surface area contributed by atoms with Crippen molar-refractivity contribution in [1.82, 2.24) is 19.7 Å². The van der Waals surface area contributed by atoms with Crippen LogP contribution in [0.2, 0.25) is 0 Å². The Balaban J connectivity index is 1.56. The Hall–Kier alpha value is -3.86. The second kappa shape index (κ2) is 9.96. The lowest BCUT2D eigenvalue weighted by atomic mass is 10.2. The topological polar surface area (TPSA) is 81.9 Å². The molecule has 0 aliphatic rings. The number of pyridine rings is 1. The van der Waals surface area contributed by atoms with Crippen LogP contribution in [0.3, 0.4) is 0 Å². The Morgan fingerprint density at radius 3 is 2.53 bits per heavy atom. The minimum atomic E-state index is -4.49. The predicted octanol–water partition coefficient (Wildman–Crippen LogP) is 5.09. The molecule has 1 amide bonds. The van der Waals surface area contributed by atoms with Gasteiger partial charge in [0.15, 0.2) is 11.0 Å². The molecule has 0 saturated heterocycles. The fourth-order valence-electron chi connectivity index (χ4n) is 3.09. The van der Waals surface area contributed by atoms with Crippen LogP contribution < -0.4 is 10.1 Å². The van der Waals surface area contributed by atoms with E-state index in [1.54, 1.807) is 42.1 Å². The van der Waals surface area contributed by atoms with Gasteiger partial charge < -0.3 is 10.1 Å². The van der Waals surface area contributed by atoms with Gasteiger partial charge in [-0.2, -0.15) is 13.2 Å². The number of aromatic nitrogens is 4. The first-order valence-electron chi connectivity index (χ1n) is 9.96. The third kappa shape index (κ3) is 5.37. The summed E-state index contributed by atoms with van der Waals surface area (Å²) in [5, 5.41) is 11.4. The van der Waals surface area contributed by atoms with Gasteiger partial charge in [-0.3, -0.25) is 14.3 Å². The van der Waals surface area contributed by atoms with Crippen molar-refractivity contribution < 1.29 is 22.7 Å². The fourth-order valence-corrected chi connectivity index (χ4v) is 3.84. The van der Waals surface area contributed by atoms with Gasteiger partial charge in [-0.15, -0.1) is 10.2 Å². The fraction of sp³-hybridized carbons (Fsp3) is 0.130. The molecule has 7 nitrogen and oxygen atoms in total. The Kier molecular flexibility index (Phi) is 6.82. The lowest BCUT2D eigenvalue weighted by Gasteiger charge is -2.11. The van der Waals surface area contributed by atoms with Gasteiger partial charge in [-0.25, -0.2) is 0 Å². The van der Waals surface area contributed by atoms with Crippen LogP contribution in [-0.2, 0) is 11.0 Å². The first-order valence-corrected chi connectivity index (χ1v) is 10.9. The van der Waals surface area contributed by atoms with Gasteiger partial charge >= 0.3 is 6.18 Å². The largest absolute Gasteiger partial charge is 0.497 e. The average Bonchev–Trinajstić information content (AvgIpc) is 3.27. The highest BCUT2D eigenvalue weighted by molar-refractivity contribution is 7.99. The number of carbonyl (C=O) groups is 1. The molecule has 11 heteroatoms. The Morgan fingerprint density at radius 2 is 1.85 bits per heavy atom. The first-order chi connectivity index (χ1) is 16.3. The number of amides is 1. The number of benzene rings is 2. The number of ether oxygens (including phenoxy) is 1. The quantitative estimate of drug-likeness (QED) is 0.368. The van der Waals surface area contributed by atoms with E-state index in [4.69, 9.17) is 4.74 Å². The van der Waals surface area contributed by atoms with E-state index in [1.165, 1.54) is 12.1 Å². The zero-order valence-electron chi connectivity index (χ0n) is 17.8. The van der Waals surface area contributed by atoms with Crippen LogP contribution in [0.15, 0.2) is 78.1 Å². The summed E-state index contributed by atoms with van der Waals surface area (Å²) in [5.41, 5.74) is 0.543. The number of halogens is 3. The number of hydrogen-bond donors (Lipinski definition) is 1. The normalized spacial score (nSPS) is 11.3. The van der Waals surface area contributed by atoms with Crippen molar-refractivity contribution >= 4 is 23.4 Å². The van der Waals surface area contributed by atoms with Crippen LogP contribution in [0, 0.1) is 0 Å². The first kappa shape index (κ1) is 23.3. The van der Waals surface area contributed by atoms with Gasteiger partial charge in [-0.1, -0.05) is 23.9 Å². The highest BCUT2D eigenvalue weighted by Crippen LogP contribution is 2.31. The summed E-state index contributed by atoms with van der Waals surface area (Å²) in [6, 6.07) is 17.1.